The summed E-state index contributed by atoms with van der Waals surface area (Å²) in [6.07, 6.45) is -6.56. The summed E-state index contributed by atoms with van der Waals surface area (Å²) < 4.78 is 98.5. The number of alkyl halides is 3. The molecule has 3 rings (SSSR count). The van der Waals surface area contributed by atoms with Gasteiger partial charge in [-0.25, -0.2) is 8.78 Å². The highest BCUT2D eigenvalue weighted by molar-refractivity contribution is 5.61. The number of hydrogen-bond acceptors (Lipinski definition) is 4. The van der Waals surface area contributed by atoms with E-state index in [9.17, 15) is 40.9 Å². The first-order valence-electron chi connectivity index (χ1n) is 8.81. The van der Waals surface area contributed by atoms with Crippen LogP contribution in [0.3, 0.4) is 0 Å². The smallest absolute Gasteiger partial charge is 0.391 e. The van der Waals surface area contributed by atoms with Crippen molar-refractivity contribution in [3.05, 3.63) is 46.5 Å². The van der Waals surface area contributed by atoms with E-state index in [0.29, 0.717) is 12.1 Å². The molecule has 1 aliphatic rings. The van der Waals surface area contributed by atoms with Gasteiger partial charge < -0.3 is 21.7 Å². The Balaban J connectivity index is 2.38. The van der Waals surface area contributed by atoms with E-state index in [0.717, 1.165) is 0 Å². The molecule has 30 heavy (non-hydrogen) atoms. The summed E-state index contributed by atoms with van der Waals surface area (Å²) in [5, 5.41) is 19.0. The third kappa shape index (κ3) is 3.25. The number of anilines is 2. The Hall–Kier alpha value is -2.85. The van der Waals surface area contributed by atoms with E-state index >= 15 is 0 Å². The van der Waals surface area contributed by atoms with Crippen molar-refractivity contribution in [1.82, 2.24) is 0 Å². The normalized spacial score (nSPS) is 19.1. The van der Waals surface area contributed by atoms with Gasteiger partial charge in [-0.05, 0) is 31.4 Å². The van der Waals surface area contributed by atoms with E-state index in [1.807, 2.05) is 0 Å². The van der Waals surface area contributed by atoms with Gasteiger partial charge >= 0.3 is 6.18 Å². The fourth-order valence-electron chi connectivity index (χ4n) is 4.16. The SMILES string of the molecule is Nc1cc(C2(c3cc(N)c(O)c(F)c3F)CCCC(C(F)(F)F)C2)c(F)c(F)c1O. The fourth-order valence-corrected chi connectivity index (χ4v) is 4.16. The minimum absolute atomic E-state index is 0.187. The van der Waals surface area contributed by atoms with E-state index in [4.69, 9.17) is 11.5 Å². The molecule has 11 heteroatoms. The molecule has 0 saturated heterocycles. The Morgan fingerprint density at radius 2 is 1.27 bits per heavy atom. The predicted molar refractivity (Wildman–Crippen MR) is 93.7 cm³/mol. The Morgan fingerprint density at radius 1 is 0.833 bits per heavy atom. The Kier molecular flexibility index (Phi) is 5.20. The molecular formula is C19H17F7N2O2. The Bertz CT molecular complexity index is 944. The lowest BCUT2D eigenvalue weighted by Crippen LogP contribution is -2.41. The second-order valence-electron chi connectivity index (χ2n) is 7.40. The van der Waals surface area contributed by atoms with Crippen molar-refractivity contribution in [3.63, 3.8) is 0 Å². The first-order valence-corrected chi connectivity index (χ1v) is 8.81. The standard InChI is InChI=1S/C19H17F7N2O2/c20-12-8(4-10(27)16(29)14(12)22)18(3-1-2-7(6-18)19(24,25)26)9-5-11(28)17(30)15(23)13(9)21/h4-5,7,29-30H,1-3,6,27-28H2. The lowest BCUT2D eigenvalue weighted by molar-refractivity contribution is -0.186. The van der Waals surface area contributed by atoms with E-state index in [-0.39, 0.29) is 19.3 Å². The number of rotatable bonds is 2. The third-order valence-electron chi connectivity index (χ3n) is 5.67. The molecule has 0 radical (unpaired) electrons. The van der Waals surface area contributed by atoms with Crippen LogP contribution in [0.25, 0.3) is 0 Å². The highest BCUT2D eigenvalue weighted by Gasteiger charge is 2.51. The zero-order chi connectivity index (χ0) is 22.6. The maximum Gasteiger partial charge on any atom is 0.391 e. The van der Waals surface area contributed by atoms with E-state index in [1.54, 1.807) is 0 Å². The number of phenolic OH excluding ortho intramolecular Hbond substituents is 2. The summed E-state index contributed by atoms with van der Waals surface area (Å²) in [5.74, 6) is -11.7. The lowest BCUT2D eigenvalue weighted by Gasteiger charge is -2.43. The average Bonchev–Trinajstić information content (AvgIpc) is 2.69. The molecule has 2 aromatic rings. The van der Waals surface area contributed by atoms with Gasteiger partial charge in [0, 0.05) is 16.5 Å². The third-order valence-corrected chi connectivity index (χ3v) is 5.67. The predicted octanol–water partition coefficient (Wildman–Crippen LogP) is 4.86. The summed E-state index contributed by atoms with van der Waals surface area (Å²) in [7, 11) is 0. The number of halogens is 7. The van der Waals surface area contributed by atoms with Gasteiger partial charge in [-0.15, -0.1) is 0 Å². The van der Waals surface area contributed by atoms with Crippen LogP contribution in [0.4, 0.5) is 42.1 Å². The summed E-state index contributed by atoms with van der Waals surface area (Å²) in [4.78, 5) is 0. The second kappa shape index (κ2) is 7.13. The van der Waals surface area contributed by atoms with Crippen LogP contribution in [0.5, 0.6) is 11.5 Å². The van der Waals surface area contributed by atoms with Gasteiger partial charge in [0.1, 0.15) is 0 Å². The van der Waals surface area contributed by atoms with E-state index < -0.39 is 81.2 Å². The van der Waals surface area contributed by atoms with Gasteiger partial charge in [0.15, 0.2) is 23.1 Å². The average molecular weight is 438 g/mol. The monoisotopic (exact) mass is 438 g/mol. The molecule has 0 heterocycles. The molecule has 1 aliphatic carbocycles. The minimum atomic E-state index is -4.75. The van der Waals surface area contributed by atoms with Crippen LogP contribution in [0, 0.1) is 29.2 Å². The van der Waals surface area contributed by atoms with Crippen molar-refractivity contribution in [2.24, 2.45) is 5.92 Å². The highest BCUT2D eigenvalue weighted by Crippen LogP contribution is 2.54. The van der Waals surface area contributed by atoms with Crippen molar-refractivity contribution in [1.29, 1.82) is 0 Å². The highest BCUT2D eigenvalue weighted by atomic mass is 19.4. The Morgan fingerprint density at radius 3 is 1.67 bits per heavy atom. The number of nitrogens with two attached hydrogens (primary N) is 2. The van der Waals surface area contributed by atoms with Crippen LogP contribution in [0.15, 0.2) is 12.1 Å². The number of aromatic hydroxyl groups is 2. The number of hydrogen-bond donors (Lipinski definition) is 4. The van der Waals surface area contributed by atoms with Gasteiger partial charge in [0.2, 0.25) is 11.6 Å². The molecular weight excluding hydrogens is 421 g/mol. The maximum absolute atomic E-state index is 14.8. The molecule has 1 saturated carbocycles. The summed E-state index contributed by atoms with van der Waals surface area (Å²) in [5.41, 5.74) is 5.80. The van der Waals surface area contributed by atoms with Gasteiger partial charge in [-0.3, -0.25) is 0 Å². The molecule has 0 spiro atoms. The zero-order valence-corrected chi connectivity index (χ0v) is 15.3. The maximum atomic E-state index is 14.8. The van der Waals surface area contributed by atoms with Crippen LogP contribution >= 0.6 is 0 Å². The molecule has 0 aromatic heterocycles. The lowest BCUT2D eigenvalue weighted by atomic mass is 9.61. The van der Waals surface area contributed by atoms with Gasteiger partial charge in [0.05, 0.1) is 17.3 Å². The molecule has 0 amide bonds. The Labute approximate surface area is 165 Å². The molecule has 1 fully saturated rings. The number of nitrogen functional groups attached to an aromatic ring is 2. The van der Waals surface area contributed by atoms with Crippen LogP contribution in [-0.4, -0.2) is 16.4 Å². The summed E-state index contributed by atoms with van der Waals surface area (Å²) in [6, 6.07) is 1.40. The van der Waals surface area contributed by atoms with Crippen LogP contribution in [0.2, 0.25) is 0 Å². The molecule has 0 bridgehead atoms. The van der Waals surface area contributed by atoms with Crippen molar-refractivity contribution >= 4 is 11.4 Å². The zero-order valence-electron chi connectivity index (χ0n) is 15.3. The largest absolute Gasteiger partial charge is 0.503 e. The van der Waals surface area contributed by atoms with Crippen LogP contribution in [0.1, 0.15) is 36.8 Å². The molecule has 4 nitrogen and oxygen atoms in total. The quantitative estimate of drug-likeness (QED) is 0.306. The summed E-state index contributed by atoms with van der Waals surface area (Å²) >= 11 is 0. The van der Waals surface area contributed by atoms with Gasteiger partial charge in [-0.1, -0.05) is 6.42 Å². The topological polar surface area (TPSA) is 92.5 Å². The van der Waals surface area contributed by atoms with E-state index in [1.165, 1.54) is 0 Å². The minimum Gasteiger partial charge on any atom is -0.503 e. The van der Waals surface area contributed by atoms with Crippen molar-refractivity contribution in [2.75, 3.05) is 11.5 Å². The fraction of sp³-hybridized carbons (Fsp3) is 0.368. The number of benzene rings is 2. The molecule has 2 aromatic carbocycles. The molecule has 1 unspecified atom stereocenters. The van der Waals surface area contributed by atoms with Crippen LogP contribution < -0.4 is 11.5 Å². The molecule has 0 aliphatic heterocycles. The van der Waals surface area contributed by atoms with Crippen molar-refractivity contribution in [2.45, 2.75) is 37.3 Å². The first kappa shape index (κ1) is 21.8. The van der Waals surface area contributed by atoms with Crippen molar-refractivity contribution < 1.29 is 40.9 Å². The molecule has 6 N–H and O–H groups in total. The van der Waals surface area contributed by atoms with Gasteiger partial charge in [-0.2, -0.15) is 22.0 Å². The molecule has 164 valence electrons. The van der Waals surface area contributed by atoms with E-state index in [2.05, 4.69) is 0 Å². The number of phenols is 2. The first-order chi connectivity index (χ1) is 13.8. The van der Waals surface area contributed by atoms with Crippen LogP contribution in [-0.2, 0) is 5.41 Å². The summed E-state index contributed by atoms with van der Waals surface area (Å²) in [6.45, 7) is 0. The van der Waals surface area contributed by atoms with Crippen molar-refractivity contribution in [3.8, 4) is 11.5 Å². The second-order valence-corrected chi connectivity index (χ2v) is 7.40. The molecule has 1 atom stereocenters. The van der Waals surface area contributed by atoms with Gasteiger partial charge in [0.25, 0.3) is 0 Å².